The fourth-order valence-electron chi connectivity index (χ4n) is 3.15. The summed E-state index contributed by atoms with van der Waals surface area (Å²) in [5.74, 6) is 0.909. The van der Waals surface area contributed by atoms with Crippen LogP contribution in [0.3, 0.4) is 0 Å². The van der Waals surface area contributed by atoms with Crippen LogP contribution in [0.15, 0.2) is 54.6 Å². The molecule has 1 fully saturated rings. The lowest BCUT2D eigenvalue weighted by atomic mass is 9.97. The molecule has 0 aliphatic heterocycles. The van der Waals surface area contributed by atoms with E-state index in [1.54, 1.807) is 7.11 Å². The van der Waals surface area contributed by atoms with Gasteiger partial charge in [-0.3, -0.25) is 0 Å². The molecule has 110 valence electrons. The Balaban J connectivity index is 1.86. The number of rotatable bonds is 5. The van der Waals surface area contributed by atoms with Gasteiger partial charge in [0.1, 0.15) is 5.75 Å². The quantitative estimate of drug-likeness (QED) is 0.881. The van der Waals surface area contributed by atoms with Crippen molar-refractivity contribution in [1.82, 2.24) is 5.32 Å². The highest BCUT2D eigenvalue weighted by atomic mass is 16.5. The molecule has 21 heavy (non-hydrogen) atoms. The summed E-state index contributed by atoms with van der Waals surface area (Å²) in [4.78, 5) is 0. The Bertz CT molecular complexity index is 544. The Hall–Kier alpha value is -1.80. The molecule has 0 aromatic heterocycles. The smallest absolute Gasteiger partial charge is 0.118 e. The van der Waals surface area contributed by atoms with Gasteiger partial charge in [-0.05, 0) is 36.1 Å². The molecule has 2 heteroatoms. The summed E-state index contributed by atoms with van der Waals surface area (Å²) in [7, 11) is 1.71. The molecule has 0 amide bonds. The predicted octanol–water partition coefficient (Wildman–Crippen LogP) is 4.32. The van der Waals surface area contributed by atoms with Gasteiger partial charge in [-0.2, -0.15) is 0 Å². The van der Waals surface area contributed by atoms with Crippen molar-refractivity contribution in [3.63, 3.8) is 0 Å². The first-order valence-corrected chi connectivity index (χ1v) is 7.82. The summed E-state index contributed by atoms with van der Waals surface area (Å²) in [6.45, 7) is 0. The molecule has 0 saturated heterocycles. The van der Waals surface area contributed by atoms with Crippen LogP contribution in [0.1, 0.15) is 42.9 Å². The van der Waals surface area contributed by atoms with Gasteiger partial charge in [0.15, 0.2) is 0 Å². The van der Waals surface area contributed by atoms with E-state index in [2.05, 4.69) is 47.8 Å². The molecular weight excluding hydrogens is 258 g/mol. The van der Waals surface area contributed by atoms with Crippen molar-refractivity contribution in [2.75, 3.05) is 7.11 Å². The van der Waals surface area contributed by atoms with Crippen molar-refractivity contribution in [1.29, 1.82) is 0 Å². The van der Waals surface area contributed by atoms with Gasteiger partial charge in [0, 0.05) is 6.04 Å². The minimum atomic E-state index is 0.264. The highest BCUT2D eigenvalue weighted by Gasteiger charge is 2.21. The van der Waals surface area contributed by atoms with Crippen LogP contribution in [-0.4, -0.2) is 13.2 Å². The largest absolute Gasteiger partial charge is 0.497 e. The van der Waals surface area contributed by atoms with Crippen LogP contribution < -0.4 is 10.1 Å². The van der Waals surface area contributed by atoms with E-state index >= 15 is 0 Å². The molecule has 2 nitrogen and oxygen atoms in total. The van der Waals surface area contributed by atoms with Gasteiger partial charge >= 0.3 is 0 Å². The standard InChI is InChI=1S/C19H23NO/c1-21-18-13-11-16(12-14-18)19(15-7-3-2-4-8-15)20-17-9-5-6-10-17/h2-4,7-8,11-14,17,19-20H,5-6,9-10H2,1H3. The van der Waals surface area contributed by atoms with Crippen LogP contribution >= 0.6 is 0 Å². The third-order valence-electron chi connectivity index (χ3n) is 4.34. The molecule has 1 aliphatic rings. The van der Waals surface area contributed by atoms with E-state index in [9.17, 15) is 0 Å². The molecule has 1 atom stereocenters. The number of nitrogens with one attached hydrogen (secondary N) is 1. The van der Waals surface area contributed by atoms with Crippen LogP contribution in [0.4, 0.5) is 0 Å². The first-order valence-electron chi connectivity index (χ1n) is 7.82. The lowest BCUT2D eigenvalue weighted by Gasteiger charge is -2.24. The first-order chi connectivity index (χ1) is 10.4. The predicted molar refractivity (Wildman–Crippen MR) is 86.7 cm³/mol. The van der Waals surface area contributed by atoms with Crippen LogP contribution in [-0.2, 0) is 0 Å². The molecular formula is C19H23NO. The number of methoxy groups -OCH3 is 1. The van der Waals surface area contributed by atoms with Gasteiger partial charge in [0.2, 0.25) is 0 Å². The molecule has 3 rings (SSSR count). The zero-order valence-corrected chi connectivity index (χ0v) is 12.6. The van der Waals surface area contributed by atoms with Crippen molar-refractivity contribution < 1.29 is 4.74 Å². The zero-order chi connectivity index (χ0) is 14.5. The van der Waals surface area contributed by atoms with Crippen molar-refractivity contribution in [2.24, 2.45) is 0 Å². The summed E-state index contributed by atoms with van der Waals surface area (Å²) >= 11 is 0. The van der Waals surface area contributed by atoms with E-state index in [1.165, 1.54) is 36.8 Å². The second kappa shape index (κ2) is 6.77. The average molecular weight is 281 g/mol. The van der Waals surface area contributed by atoms with Gasteiger partial charge in [-0.25, -0.2) is 0 Å². The van der Waals surface area contributed by atoms with Crippen LogP contribution in [0.2, 0.25) is 0 Å². The van der Waals surface area contributed by atoms with E-state index < -0.39 is 0 Å². The van der Waals surface area contributed by atoms with E-state index in [0.29, 0.717) is 6.04 Å². The summed E-state index contributed by atoms with van der Waals surface area (Å²) in [6, 6.07) is 20.0. The molecule has 1 saturated carbocycles. The van der Waals surface area contributed by atoms with Crippen molar-refractivity contribution in [2.45, 2.75) is 37.8 Å². The zero-order valence-electron chi connectivity index (χ0n) is 12.6. The Morgan fingerprint density at radius 2 is 1.52 bits per heavy atom. The molecule has 0 bridgehead atoms. The third kappa shape index (κ3) is 3.45. The van der Waals surface area contributed by atoms with Crippen LogP contribution in [0.5, 0.6) is 5.75 Å². The molecule has 1 aliphatic carbocycles. The van der Waals surface area contributed by atoms with Gasteiger partial charge in [0.25, 0.3) is 0 Å². The molecule has 2 aromatic rings. The Kier molecular flexibility index (Phi) is 4.56. The SMILES string of the molecule is COc1ccc(C(NC2CCCC2)c2ccccc2)cc1. The molecule has 1 unspecified atom stereocenters. The highest BCUT2D eigenvalue weighted by molar-refractivity contribution is 5.35. The van der Waals surface area contributed by atoms with Gasteiger partial charge in [0.05, 0.1) is 13.2 Å². The van der Waals surface area contributed by atoms with Crippen molar-refractivity contribution in [3.8, 4) is 5.75 Å². The van der Waals surface area contributed by atoms with E-state index in [4.69, 9.17) is 4.74 Å². The van der Waals surface area contributed by atoms with Gasteiger partial charge in [-0.15, -0.1) is 0 Å². The maximum Gasteiger partial charge on any atom is 0.118 e. The molecule has 0 spiro atoms. The van der Waals surface area contributed by atoms with Crippen molar-refractivity contribution >= 4 is 0 Å². The van der Waals surface area contributed by atoms with E-state index in [-0.39, 0.29) is 6.04 Å². The number of hydrogen-bond acceptors (Lipinski definition) is 2. The molecule has 0 radical (unpaired) electrons. The Morgan fingerprint density at radius 1 is 0.905 bits per heavy atom. The lowest BCUT2D eigenvalue weighted by molar-refractivity contribution is 0.414. The Labute approximate surface area is 127 Å². The molecule has 0 heterocycles. The maximum atomic E-state index is 5.27. The van der Waals surface area contributed by atoms with Crippen molar-refractivity contribution in [3.05, 3.63) is 65.7 Å². The molecule has 1 N–H and O–H groups in total. The maximum absolute atomic E-state index is 5.27. The Morgan fingerprint density at radius 3 is 2.14 bits per heavy atom. The minimum absolute atomic E-state index is 0.264. The minimum Gasteiger partial charge on any atom is -0.497 e. The van der Waals surface area contributed by atoms with Crippen LogP contribution in [0.25, 0.3) is 0 Å². The fourth-order valence-corrected chi connectivity index (χ4v) is 3.15. The summed E-state index contributed by atoms with van der Waals surface area (Å²) in [6.07, 6.45) is 5.28. The molecule has 2 aromatic carbocycles. The second-order valence-corrected chi connectivity index (χ2v) is 5.76. The lowest BCUT2D eigenvalue weighted by Crippen LogP contribution is -2.31. The summed E-state index contributed by atoms with van der Waals surface area (Å²) < 4.78 is 5.27. The fraction of sp³-hybridized carbons (Fsp3) is 0.368. The highest BCUT2D eigenvalue weighted by Crippen LogP contribution is 2.28. The number of benzene rings is 2. The van der Waals surface area contributed by atoms with E-state index in [0.717, 1.165) is 5.75 Å². The summed E-state index contributed by atoms with van der Waals surface area (Å²) in [5, 5.41) is 3.85. The third-order valence-corrected chi connectivity index (χ3v) is 4.34. The van der Waals surface area contributed by atoms with Crippen LogP contribution in [0, 0.1) is 0 Å². The summed E-state index contributed by atoms with van der Waals surface area (Å²) in [5.41, 5.74) is 2.63. The van der Waals surface area contributed by atoms with Gasteiger partial charge in [-0.1, -0.05) is 55.3 Å². The average Bonchev–Trinajstić information content (AvgIpc) is 3.07. The van der Waals surface area contributed by atoms with Gasteiger partial charge < -0.3 is 10.1 Å². The normalized spacial score (nSPS) is 16.8. The number of hydrogen-bond donors (Lipinski definition) is 1. The monoisotopic (exact) mass is 281 g/mol. The van der Waals surface area contributed by atoms with E-state index in [1.807, 2.05) is 12.1 Å². The first kappa shape index (κ1) is 14.2. The second-order valence-electron chi connectivity index (χ2n) is 5.76. The topological polar surface area (TPSA) is 21.3 Å². The number of ether oxygens (including phenoxy) is 1.